The summed E-state index contributed by atoms with van der Waals surface area (Å²) in [5.41, 5.74) is 0.984. The molecule has 0 bridgehead atoms. The highest BCUT2D eigenvalue weighted by Gasteiger charge is 2.34. The van der Waals surface area contributed by atoms with Crippen LogP contribution in [-0.2, 0) is 24.1 Å². The highest BCUT2D eigenvalue weighted by molar-refractivity contribution is 5.88. The Kier molecular flexibility index (Phi) is 5.12. The van der Waals surface area contributed by atoms with Crippen LogP contribution in [0.1, 0.15) is 18.2 Å². The fourth-order valence-corrected chi connectivity index (χ4v) is 3.78. The zero-order valence-electron chi connectivity index (χ0n) is 16.5. The molecule has 31 heavy (non-hydrogen) atoms. The van der Waals surface area contributed by atoms with Crippen LogP contribution in [0.3, 0.4) is 0 Å². The molecular formula is C22H18F4N4O. The molecule has 0 radical (unpaired) electrons. The van der Waals surface area contributed by atoms with Crippen molar-refractivity contribution < 1.29 is 22.4 Å². The van der Waals surface area contributed by atoms with Gasteiger partial charge >= 0.3 is 6.18 Å². The van der Waals surface area contributed by atoms with Gasteiger partial charge in [-0.3, -0.25) is 14.5 Å². The predicted molar refractivity (Wildman–Crippen MR) is 106 cm³/mol. The lowest BCUT2D eigenvalue weighted by Gasteiger charge is -2.33. The summed E-state index contributed by atoms with van der Waals surface area (Å²) in [4.78, 5) is 17.9. The molecule has 1 aromatic carbocycles. The number of aromatic nitrogens is 3. The van der Waals surface area contributed by atoms with E-state index in [1.807, 2.05) is 6.92 Å². The van der Waals surface area contributed by atoms with Gasteiger partial charge in [-0.2, -0.15) is 18.3 Å². The summed E-state index contributed by atoms with van der Waals surface area (Å²) in [6.45, 7) is 5.96. The number of rotatable bonds is 3. The molecule has 0 spiro atoms. The van der Waals surface area contributed by atoms with Gasteiger partial charge in [0.2, 0.25) is 5.91 Å². The van der Waals surface area contributed by atoms with Crippen molar-refractivity contribution in [2.45, 2.75) is 32.2 Å². The molecule has 3 aromatic rings. The van der Waals surface area contributed by atoms with Crippen molar-refractivity contribution in [1.82, 2.24) is 19.7 Å². The van der Waals surface area contributed by atoms with Crippen LogP contribution in [-0.4, -0.2) is 31.6 Å². The normalized spacial score (nSPS) is 16.2. The Hall–Kier alpha value is -3.49. The van der Waals surface area contributed by atoms with E-state index in [4.69, 9.17) is 0 Å². The van der Waals surface area contributed by atoms with Crippen molar-refractivity contribution in [3.63, 3.8) is 0 Å². The number of amides is 1. The molecule has 1 unspecified atom stereocenters. The van der Waals surface area contributed by atoms with Crippen LogP contribution in [0.4, 0.5) is 17.6 Å². The van der Waals surface area contributed by atoms with Crippen LogP contribution < -0.4 is 0 Å². The van der Waals surface area contributed by atoms with E-state index in [2.05, 4.69) is 16.7 Å². The third-order valence-electron chi connectivity index (χ3n) is 5.33. The van der Waals surface area contributed by atoms with Gasteiger partial charge in [-0.05, 0) is 48.9 Å². The first kappa shape index (κ1) is 20.8. The summed E-state index contributed by atoms with van der Waals surface area (Å²) in [6.07, 6.45) is -0.304. The number of carbonyl (C=O) groups is 1. The van der Waals surface area contributed by atoms with Gasteiger partial charge in [0.25, 0.3) is 0 Å². The maximum atomic E-state index is 14.8. The minimum absolute atomic E-state index is 0.0454. The molecule has 1 atom stereocenters. The number of halogens is 4. The Morgan fingerprint density at radius 1 is 1.23 bits per heavy atom. The first-order valence-corrected chi connectivity index (χ1v) is 9.51. The lowest BCUT2D eigenvalue weighted by Crippen LogP contribution is -2.44. The molecule has 3 heterocycles. The minimum Gasteiger partial charge on any atom is -0.329 e. The Morgan fingerprint density at radius 3 is 2.55 bits per heavy atom. The third-order valence-corrected chi connectivity index (χ3v) is 5.33. The average Bonchev–Trinajstić information content (AvgIpc) is 3.10. The lowest BCUT2D eigenvalue weighted by molar-refractivity contribution is -0.137. The summed E-state index contributed by atoms with van der Waals surface area (Å²) in [5.74, 6) is -1.27. The second-order valence-corrected chi connectivity index (χ2v) is 7.30. The van der Waals surface area contributed by atoms with Gasteiger partial charge in [-0.1, -0.05) is 6.58 Å². The van der Waals surface area contributed by atoms with Crippen LogP contribution in [0.5, 0.6) is 0 Å². The lowest BCUT2D eigenvalue weighted by atomic mass is 9.97. The standard InChI is InChI=1S/C22H18F4N4O/c1-3-19(31)29-12-18-20(14-6-8-27-9-7-14)21(28-30(18)11-13(29)2)16-5-4-15(10-17(16)23)22(24,25)26/h3-10,13H,1,11-12H2,2H3. The molecule has 2 aromatic heterocycles. The minimum atomic E-state index is -4.65. The molecule has 1 aliphatic heterocycles. The summed E-state index contributed by atoms with van der Waals surface area (Å²) in [7, 11) is 0. The molecular weight excluding hydrogens is 412 g/mol. The first-order chi connectivity index (χ1) is 14.7. The van der Waals surface area contributed by atoms with Gasteiger partial charge in [0, 0.05) is 29.6 Å². The summed E-state index contributed by atoms with van der Waals surface area (Å²) < 4.78 is 55.5. The van der Waals surface area contributed by atoms with Crippen LogP contribution >= 0.6 is 0 Å². The van der Waals surface area contributed by atoms with E-state index in [-0.39, 0.29) is 29.8 Å². The van der Waals surface area contributed by atoms with Crippen molar-refractivity contribution in [2.75, 3.05) is 0 Å². The van der Waals surface area contributed by atoms with Gasteiger partial charge in [0.1, 0.15) is 11.5 Å². The molecule has 0 saturated carbocycles. The number of pyridine rings is 1. The molecule has 5 nitrogen and oxygen atoms in total. The number of carbonyl (C=O) groups excluding carboxylic acids is 1. The van der Waals surface area contributed by atoms with Crippen LogP contribution in [0.25, 0.3) is 22.4 Å². The van der Waals surface area contributed by atoms with E-state index in [0.29, 0.717) is 29.4 Å². The summed E-state index contributed by atoms with van der Waals surface area (Å²) in [6, 6.07) is 5.63. The molecule has 0 aliphatic carbocycles. The van der Waals surface area contributed by atoms with Gasteiger partial charge in [0.15, 0.2) is 0 Å². The number of nitrogens with zero attached hydrogens (tertiary/aromatic N) is 4. The second-order valence-electron chi connectivity index (χ2n) is 7.30. The molecule has 1 amide bonds. The van der Waals surface area contributed by atoms with E-state index >= 15 is 0 Å². The van der Waals surface area contributed by atoms with Crippen LogP contribution in [0.2, 0.25) is 0 Å². The zero-order valence-corrected chi connectivity index (χ0v) is 16.5. The summed E-state index contributed by atoms with van der Waals surface area (Å²) >= 11 is 0. The van der Waals surface area contributed by atoms with E-state index in [1.54, 1.807) is 34.1 Å². The van der Waals surface area contributed by atoms with E-state index in [9.17, 15) is 22.4 Å². The number of alkyl halides is 3. The van der Waals surface area contributed by atoms with E-state index < -0.39 is 17.6 Å². The smallest absolute Gasteiger partial charge is 0.329 e. The van der Waals surface area contributed by atoms with Crippen molar-refractivity contribution in [1.29, 1.82) is 0 Å². The van der Waals surface area contributed by atoms with Crippen molar-refractivity contribution >= 4 is 5.91 Å². The summed E-state index contributed by atoms with van der Waals surface area (Å²) in [5, 5.41) is 4.53. The monoisotopic (exact) mass is 430 g/mol. The number of hydrogen-bond donors (Lipinski definition) is 0. The van der Waals surface area contributed by atoms with Gasteiger partial charge < -0.3 is 4.90 Å². The van der Waals surface area contributed by atoms with E-state index in [1.165, 1.54) is 6.08 Å². The SMILES string of the molecule is C=CC(=O)N1Cc2c(-c3ccncc3)c(-c3ccc(C(F)(F)F)cc3F)nn2CC1C. The van der Waals surface area contributed by atoms with Crippen molar-refractivity contribution in [3.8, 4) is 22.4 Å². The maximum Gasteiger partial charge on any atom is 0.416 e. The second kappa shape index (κ2) is 7.64. The highest BCUT2D eigenvalue weighted by Crippen LogP contribution is 2.39. The molecule has 1 aliphatic rings. The Labute approximate surface area is 175 Å². The third kappa shape index (κ3) is 3.71. The Bertz CT molecular complexity index is 1150. The molecule has 0 fully saturated rings. The fraction of sp³-hybridized carbons (Fsp3) is 0.227. The molecule has 4 rings (SSSR count). The number of hydrogen-bond acceptors (Lipinski definition) is 3. The quantitative estimate of drug-likeness (QED) is 0.448. The maximum absolute atomic E-state index is 14.8. The fourth-order valence-electron chi connectivity index (χ4n) is 3.78. The largest absolute Gasteiger partial charge is 0.416 e. The van der Waals surface area contributed by atoms with Gasteiger partial charge in [-0.15, -0.1) is 0 Å². The number of fused-ring (bicyclic) bond motifs is 1. The van der Waals surface area contributed by atoms with E-state index in [0.717, 1.165) is 12.1 Å². The molecule has 9 heteroatoms. The zero-order chi connectivity index (χ0) is 22.3. The molecule has 0 saturated heterocycles. The topological polar surface area (TPSA) is 51.0 Å². The Morgan fingerprint density at radius 2 is 1.94 bits per heavy atom. The van der Waals surface area contributed by atoms with Crippen molar-refractivity contribution in [2.24, 2.45) is 0 Å². The van der Waals surface area contributed by atoms with Crippen LogP contribution in [0.15, 0.2) is 55.4 Å². The number of benzene rings is 1. The van der Waals surface area contributed by atoms with Crippen molar-refractivity contribution in [3.05, 3.63) is 72.5 Å². The van der Waals surface area contributed by atoms with Gasteiger partial charge in [-0.25, -0.2) is 4.39 Å². The Balaban J connectivity index is 1.91. The predicted octanol–water partition coefficient (Wildman–Crippen LogP) is 4.69. The molecule has 160 valence electrons. The van der Waals surface area contributed by atoms with Gasteiger partial charge in [0.05, 0.1) is 24.3 Å². The first-order valence-electron chi connectivity index (χ1n) is 9.51. The molecule has 0 N–H and O–H groups in total. The van der Waals surface area contributed by atoms with Crippen LogP contribution in [0, 0.1) is 5.82 Å². The average molecular weight is 430 g/mol. The highest BCUT2D eigenvalue weighted by atomic mass is 19.4.